The van der Waals surface area contributed by atoms with E-state index in [0.29, 0.717) is 24.2 Å². The zero-order valence-electron chi connectivity index (χ0n) is 13.4. The van der Waals surface area contributed by atoms with E-state index >= 15 is 0 Å². The van der Waals surface area contributed by atoms with E-state index in [2.05, 4.69) is 16.0 Å². The van der Waals surface area contributed by atoms with E-state index in [1.54, 1.807) is 36.7 Å². The molecule has 0 spiro atoms. The number of rotatable bonds is 4. The molecule has 0 amide bonds. The van der Waals surface area contributed by atoms with Crippen molar-refractivity contribution in [1.29, 1.82) is 5.26 Å². The molecule has 122 valence electrons. The molecule has 0 atom stereocenters. The van der Waals surface area contributed by atoms with Crippen LogP contribution < -0.4 is 0 Å². The van der Waals surface area contributed by atoms with Gasteiger partial charge in [-0.2, -0.15) is 5.26 Å². The molecule has 1 heterocycles. The second-order valence-corrected chi connectivity index (χ2v) is 5.60. The summed E-state index contributed by atoms with van der Waals surface area (Å²) in [5.41, 5.74) is 3.63. The number of hydrogen-bond donors (Lipinski definition) is 1. The summed E-state index contributed by atoms with van der Waals surface area (Å²) in [7, 11) is 0. The first-order valence-corrected chi connectivity index (χ1v) is 7.77. The van der Waals surface area contributed by atoms with Gasteiger partial charge in [-0.3, -0.25) is 0 Å². The monoisotopic (exact) mass is 329 g/mol. The number of nitriles is 1. The topological polar surface area (TPSA) is 86.9 Å². The molecule has 1 aliphatic carbocycles. The van der Waals surface area contributed by atoms with Crippen LogP contribution in [-0.2, 0) is 6.42 Å². The van der Waals surface area contributed by atoms with Crippen molar-refractivity contribution in [3.63, 3.8) is 0 Å². The number of carboxylic acids is 1. The van der Waals surface area contributed by atoms with Gasteiger partial charge in [-0.25, -0.2) is 14.8 Å². The first-order valence-electron chi connectivity index (χ1n) is 7.77. The quantitative estimate of drug-likeness (QED) is 0.926. The van der Waals surface area contributed by atoms with Gasteiger partial charge in [-0.1, -0.05) is 30.4 Å². The second kappa shape index (κ2) is 7.37. The zero-order chi connectivity index (χ0) is 17.6. The second-order valence-electron chi connectivity index (χ2n) is 5.60. The third-order valence-electron chi connectivity index (χ3n) is 3.82. The molecular formula is C20H15N3O2. The Hall–Kier alpha value is -3.52. The van der Waals surface area contributed by atoms with Gasteiger partial charge in [-0.15, -0.1) is 0 Å². The first-order chi connectivity index (χ1) is 12.2. The number of nitrogens with zero attached hydrogens (tertiary/aromatic N) is 3. The maximum atomic E-state index is 11.0. The molecule has 0 bridgehead atoms. The molecule has 1 aromatic heterocycles. The Balaban J connectivity index is 1.78. The standard InChI is InChI=1S/C20H15N3O2/c21-11-14-3-1-5-16(8-7-14)18-12-22-19(23-13-18)10-15-4-2-6-17(9-15)20(24)25/h1-2,4-9,12-13H,3,10H2,(H,24,25). The van der Waals surface area contributed by atoms with E-state index in [1.165, 1.54) is 0 Å². The van der Waals surface area contributed by atoms with Gasteiger partial charge >= 0.3 is 5.97 Å². The molecular weight excluding hydrogens is 314 g/mol. The highest BCUT2D eigenvalue weighted by Gasteiger charge is 2.07. The van der Waals surface area contributed by atoms with Crippen LogP contribution in [-0.4, -0.2) is 21.0 Å². The minimum absolute atomic E-state index is 0.253. The number of carbonyl (C=O) groups is 1. The van der Waals surface area contributed by atoms with Crippen molar-refractivity contribution >= 4 is 11.5 Å². The Bertz CT molecular complexity index is 932. The van der Waals surface area contributed by atoms with Gasteiger partial charge in [0.05, 0.1) is 11.6 Å². The fourth-order valence-electron chi connectivity index (χ4n) is 2.49. The Labute approximate surface area is 145 Å². The average molecular weight is 329 g/mol. The zero-order valence-corrected chi connectivity index (χ0v) is 13.4. The number of benzene rings is 1. The lowest BCUT2D eigenvalue weighted by Gasteiger charge is -2.04. The van der Waals surface area contributed by atoms with E-state index in [1.807, 2.05) is 24.3 Å². The van der Waals surface area contributed by atoms with Crippen LogP contribution in [0.2, 0.25) is 0 Å². The van der Waals surface area contributed by atoms with E-state index in [4.69, 9.17) is 10.4 Å². The van der Waals surface area contributed by atoms with Gasteiger partial charge in [-0.05, 0) is 29.3 Å². The largest absolute Gasteiger partial charge is 0.478 e. The third-order valence-corrected chi connectivity index (χ3v) is 3.82. The predicted molar refractivity (Wildman–Crippen MR) is 93.7 cm³/mol. The number of carboxylic acid groups (broad SMARTS) is 1. The fraction of sp³-hybridized carbons (Fsp3) is 0.100. The van der Waals surface area contributed by atoms with Crippen molar-refractivity contribution < 1.29 is 9.90 Å². The molecule has 5 heteroatoms. The highest BCUT2D eigenvalue weighted by molar-refractivity contribution is 5.87. The molecule has 1 N–H and O–H groups in total. The van der Waals surface area contributed by atoms with Crippen molar-refractivity contribution in [3.05, 3.63) is 89.1 Å². The van der Waals surface area contributed by atoms with Crippen LogP contribution in [0.1, 0.15) is 33.7 Å². The van der Waals surface area contributed by atoms with E-state index in [-0.39, 0.29) is 5.56 Å². The summed E-state index contributed by atoms with van der Waals surface area (Å²) >= 11 is 0. The normalized spacial score (nSPS) is 13.4. The summed E-state index contributed by atoms with van der Waals surface area (Å²) in [4.78, 5) is 19.8. The highest BCUT2D eigenvalue weighted by Crippen LogP contribution is 2.19. The number of hydrogen-bond acceptors (Lipinski definition) is 4. The molecule has 1 aromatic carbocycles. The number of aromatic carboxylic acids is 1. The molecule has 25 heavy (non-hydrogen) atoms. The number of aromatic nitrogens is 2. The Morgan fingerprint density at radius 1 is 1.24 bits per heavy atom. The molecule has 0 radical (unpaired) electrons. The molecule has 0 unspecified atom stereocenters. The minimum Gasteiger partial charge on any atom is -0.478 e. The lowest BCUT2D eigenvalue weighted by Crippen LogP contribution is -2.00. The molecule has 0 fully saturated rings. The summed E-state index contributed by atoms with van der Waals surface area (Å²) in [6.45, 7) is 0. The van der Waals surface area contributed by atoms with Crippen LogP contribution in [0.5, 0.6) is 0 Å². The summed E-state index contributed by atoms with van der Waals surface area (Å²) in [5.74, 6) is -0.326. The van der Waals surface area contributed by atoms with Crippen molar-refractivity contribution in [1.82, 2.24) is 9.97 Å². The molecule has 0 saturated carbocycles. The van der Waals surface area contributed by atoms with Gasteiger partial charge in [0.15, 0.2) is 0 Å². The molecule has 2 aromatic rings. The Kier molecular flexibility index (Phi) is 4.82. The SMILES string of the molecule is N#CC1=CC=C(c2cnc(Cc3cccc(C(=O)O)c3)nc2)C=CC1. The Morgan fingerprint density at radius 2 is 2.04 bits per heavy atom. The third kappa shape index (κ3) is 4.06. The van der Waals surface area contributed by atoms with E-state index < -0.39 is 5.97 Å². The summed E-state index contributed by atoms with van der Waals surface area (Å²) in [5, 5.41) is 18.0. The van der Waals surface area contributed by atoms with Gasteiger partial charge in [0.2, 0.25) is 0 Å². The van der Waals surface area contributed by atoms with Crippen LogP contribution in [0, 0.1) is 11.3 Å². The Morgan fingerprint density at radius 3 is 2.76 bits per heavy atom. The smallest absolute Gasteiger partial charge is 0.335 e. The molecule has 3 rings (SSSR count). The number of allylic oxidation sites excluding steroid dienone is 6. The van der Waals surface area contributed by atoms with Crippen LogP contribution in [0.4, 0.5) is 0 Å². The van der Waals surface area contributed by atoms with E-state index in [9.17, 15) is 4.79 Å². The summed E-state index contributed by atoms with van der Waals surface area (Å²) in [6, 6.07) is 8.92. The van der Waals surface area contributed by atoms with Crippen molar-refractivity contribution in [2.45, 2.75) is 12.8 Å². The minimum atomic E-state index is -0.949. The van der Waals surface area contributed by atoms with E-state index in [0.717, 1.165) is 16.7 Å². The van der Waals surface area contributed by atoms with Crippen molar-refractivity contribution in [2.24, 2.45) is 0 Å². The van der Waals surface area contributed by atoms with Crippen molar-refractivity contribution in [2.75, 3.05) is 0 Å². The summed E-state index contributed by atoms with van der Waals surface area (Å²) in [6.07, 6.45) is 12.2. The van der Waals surface area contributed by atoms with Gasteiger partial charge in [0.25, 0.3) is 0 Å². The maximum Gasteiger partial charge on any atom is 0.335 e. The summed E-state index contributed by atoms with van der Waals surface area (Å²) < 4.78 is 0. The van der Waals surface area contributed by atoms with Gasteiger partial charge in [0, 0.05) is 36.4 Å². The lowest BCUT2D eigenvalue weighted by atomic mass is 10.1. The van der Waals surface area contributed by atoms with Crippen LogP contribution in [0.15, 0.2) is 66.5 Å². The molecule has 0 aliphatic heterocycles. The fourth-order valence-corrected chi connectivity index (χ4v) is 2.49. The highest BCUT2D eigenvalue weighted by atomic mass is 16.4. The maximum absolute atomic E-state index is 11.0. The van der Waals surface area contributed by atoms with Gasteiger partial charge < -0.3 is 5.11 Å². The molecule has 0 saturated heterocycles. The van der Waals surface area contributed by atoms with Crippen LogP contribution in [0.25, 0.3) is 5.57 Å². The van der Waals surface area contributed by atoms with Gasteiger partial charge in [0.1, 0.15) is 5.82 Å². The lowest BCUT2D eigenvalue weighted by molar-refractivity contribution is 0.0696. The predicted octanol–water partition coefficient (Wildman–Crippen LogP) is 3.56. The average Bonchev–Trinajstić information content (AvgIpc) is 2.88. The first kappa shape index (κ1) is 16.3. The molecule has 5 nitrogen and oxygen atoms in total. The van der Waals surface area contributed by atoms with Crippen molar-refractivity contribution in [3.8, 4) is 6.07 Å². The van der Waals surface area contributed by atoms with Crippen LogP contribution >= 0.6 is 0 Å². The molecule has 1 aliphatic rings. The van der Waals surface area contributed by atoms with Crippen LogP contribution in [0.3, 0.4) is 0 Å².